The summed E-state index contributed by atoms with van der Waals surface area (Å²) >= 11 is 0. The van der Waals surface area contributed by atoms with Crippen LogP contribution in [-0.2, 0) is 32.6 Å². The maximum atomic E-state index is 13.8. The summed E-state index contributed by atoms with van der Waals surface area (Å²) in [6, 6.07) is 17.8. The van der Waals surface area contributed by atoms with Gasteiger partial charge in [0, 0.05) is 43.7 Å². The number of amidine groups is 1. The van der Waals surface area contributed by atoms with E-state index in [2.05, 4.69) is 22.2 Å². The number of nitrogens with two attached hydrogens (primary N) is 1. The van der Waals surface area contributed by atoms with Crippen LogP contribution in [0.2, 0.25) is 0 Å². The van der Waals surface area contributed by atoms with Crippen molar-refractivity contribution in [2.24, 2.45) is 17.8 Å². The lowest BCUT2D eigenvalue weighted by Crippen LogP contribution is -2.34. The first-order valence-corrected chi connectivity index (χ1v) is 16.4. The second kappa shape index (κ2) is 18.3. The number of aryl methyl sites for hydroxylation is 1. The molecule has 2 amide bonds. The van der Waals surface area contributed by atoms with Gasteiger partial charge in [-0.25, -0.2) is 14.8 Å². The van der Waals surface area contributed by atoms with Gasteiger partial charge in [-0.2, -0.15) is 4.99 Å². The number of fused-ring (bicyclic) bond motifs is 1. The van der Waals surface area contributed by atoms with E-state index in [1.165, 1.54) is 12.0 Å². The molecule has 0 saturated carbocycles. The van der Waals surface area contributed by atoms with Crippen LogP contribution in [0.1, 0.15) is 67.7 Å². The van der Waals surface area contributed by atoms with Crippen LogP contribution < -0.4 is 16.0 Å². The molecule has 0 spiro atoms. The van der Waals surface area contributed by atoms with Crippen molar-refractivity contribution in [3.05, 3.63) is 83.8 Å². The molecule has 3 N–H and O–H groups in total. The number of anilines is 2. The van der Waals surface area contributed by atoms with Crippen LogP contribution in [0, 0.1) is 0 Å². The number of methoxy groups -OCH3 is 1. The van der Waals surface area contributed by atoms with Crippen LogP contribution in [0.15, 0.2) is 71.9 Å². The predicted molar refractivity (Wildman–Crippen MR) is 189 cm³/mol. The Bertz CT molecular complexity index is 1720. The highest BCUT2D eigenvalue weighted by Gasteiger charge is 2.22. The van der Waals surface area contributed by atoms with Crippen molar-refractivity contribution in [2.75, 3.05) is 37.1 Å². The Kier molecular flexibility index (Phi) is 13.6. The minimum atomic E-state index is -0.694. The Balaban J connectivity index is 1.40. The summed E-state index contributed by atoms with van der Waals surface area (Å²) in [6.07, 6.45) is 4.52. The van der Waals surface area contributed by atoms with Gasteiger partial charge >= 0.3 is 12.1 Å². The highest BCUT2D eigenvalue weighted by molar-refractivity contribution is 6.07. The van der Waals surface area contributed by atoms with Crippen LogP contribution >= 0.6 is 0 Å². The Labute approximate surface area is 286 Å². The molecule has 0 radical (unpaired) electrons. The van der Waals surface area contributed by atoms with Gasteiger partial charge in [0.2, 0.25) is 0 Å². The van der Waals surface area contributed by atoms with Gasteiger partial charge in [0.15, 0.2) is 0 Å². The van der Waals surface area contributed by atoms with Gasteiger partial charge in [0.1, 0.15) is 23.6 Å². The lowest BCUT2D eigenvalue weighted by molar-refractivity contribution is -0.150. The largest absolute Gasteiger partial charge is 0.460 e. The summed E-state index contributed by atoms with van der Waals surface area (Å²) in [6.45, 7) is 4.97. The van der Waals surface area contributed by atoms with Crippen LogP contribution in [0.3, 0.4) is 0 Å². The molecule has 0 fully saturated rings. The average Bonchev–Trinajstić information content (AvgIpc) is 3.42. The number of nitrogens with one attached hydrogen (secondary N) is 1. The molecule has 0 saturated heterocycles. The van der Waals surface area contributed by atoms with Crippen molar-refractivity contribution in [1.29, 1.82) is 0 Å². The molecule has 0 aliphatic rings. The van der Waals surface area contributed by atoms with Gasteiger partial charge in [0.05, 0.1) is 37.2 Å². The number of aromatic nitrogens is 3. The van der Waals surface area contributed by atoms with Crippen LogP contribution in [0.4, 0.5) is 16.3 Å². The summed E-state index contributed by atoms with van der Waals surface area (Å²) < 4.78 is 17.5. The third-order valence-electron chi connectivity index (χ3n) is 7.73. The number of amides is 2. The number of ether oxygens (including phenoxy) is 3. The molecule has 0 aliphatic carbocycles. The fourth-order valence-electron chi connectivity index (χ4n) is 5.11. The first-order valence-electron chi connectivity index (χ1n) is 16.4. The van der Waals surface area contributed by atoms with E-state index in [9.17, 15) is 14.4 Å². The summed E-state index contributed by atoms with van der Waals surface area (Å²) in [4.78, 5) is 52.7. The van der Waals surface area contributed by atoms with Crippen LogP contribution in [-0.4, -0.2) is 71.3 Å². The molecule has 2 heterocycles. The second-order valence-electron chi connectivity index (χ2n) is 11.5. The summed E-state index contributed by atoms with van der Waals surface area (Å²) in [7, 11) is 3.45. The predicted octanol–water partition coefficient (Wildman–Crippen LogP) is 5.62. The number of esters is 1. The van der Waals surface area contributed by atoms with E-state index in [1.807, 2.05) is 29.8 Å². The minimum Gasteiger partial charge on any atom is -0.460 e. The molecule has 13 nitrogen and oxygen atoms in total. The van der Waals surface area contributed by atoms with Gasteiger partial charge in [-0.3, -0.25) is 14.5 Å². The maximum absolute atomic E-state index is 13.8. The van der Waals surface area contributed by atoms with Crippen molar-refractivity contribution in [3.8, 4) is 0 Å². The normalized spacial score (nSPS) is 12.0. The van der Waals surface area contributed by atoms with Crippen molar-refractivity contribution < 1.29 is 28.6 Å². The van der Waals surface area contributed by atoms with E-state index < -0.39 is 18.2 Å². The van der Waals surface area contributed by atoms with Crippen molar-refractivity contribution >= 4 is 46.3 Å². The molecule has 260 valence electrons. The average molecular weight is 672 g/mol. The molecule has 2 aromatic heterocycles. The number of unbranched alkanes of at least 4 members (excludes halogenated alkanes) is 3. The lowest BCUT2D eigenvalue weighted by atomic mass is 10.1. The highest BCUT2D eigenvalue weighted by atomic mass is 16.6. The number of hydrogen-bond donors (Lipinski definition) is 2. The standard InChI is InChI=1S/C36H45N7O6/c1-5-6-7-10-21-48-36(46)41-34(37)26-12-15-28(16-13-26)39-23-32-40-29-22-27(14-17-30(29)42(32)3)35(45)43(31-11-8-9-19-38-31)20-18-33(44)49-25(2)24-47-4/h8-9,11-17,19,22,25,39H,5-7,10,18,20-21,23-24H2,1-4H3,(H2,37,41,46). The van der Waals surface area contributed by atoms with Gasteiger partial charge in [-0.05, 0) is 67.9 Å². The van der Waals surface area contributed by atoms with Gasteiger partial charge in [-0.15, -0.1) is 0 Å². The summed E-state index contributed by atoms with van der Waals surface area (Å²) in [5.41, 5.74) is 9.36. The van der Waals surface area contributed by atoms with Crippen molar-refractivity contribution in [2.45, 2.75) is 58.6 Å². The fourth-order valence-corrected chi connectivity index (χ4v) is 5.11. The number of imidazole rings is 1. The van der Waals surface area contributed by atoms with Gasteiger partial charge < -0.3 is 29.8 Å². The minimum absolute atomic E-state index is 0.00980. The number of aliphatic imine (C=N–C) groups is 1. The lowest BCUT2D eigenvalue weighted by Gasteiger charge is -2.22. The highest BCUT2D eigenvalue weighted by Crippen LogP contribution is 2.21. The van der Waals surface area contributed by atoms with E-state index in [0.29, 0.717) is 35.6 Å². The number of carbonyl (C=O) groups excluding carboxylic acids is 3. The molecular formula is C36H45N7O6. The molecule has 4 aromatic rings. The quantitative estimate of drug-likeness (QED) is 0.0624. The van der Waals surface area contributed by atoms with E-state index in [4.69, 9.17) is 24.9 Å². The second-order valence-corrected chi connectivity index (χ2v) is 11.5. The Morgan fingerprint density at radius 1 is 1.04 bits per heavy atom. The molecule has 1 unspecified atom stereocenters. The van der Waals surface area contributed by atoms with Crippen LogP contribution in [0.5, 0.6) is 0 Å². The third-order valence-corrected chi connectivity index (χ3v) is 7.73. The molecule has 0 bridgehead atoms. The van der Waals surface area contributed by atoms with E-state index >= 15 is 0 Å². The van der Waals surface area contributed by atoms with Crippen LogP contribution in [0.25, 0.3) is 11.0 Å². The number of nitrogens with zero attached hydrogens (tertiary/aromatic N) is 5. The number of pyridine rings is 1. The smallest absolute Gasteiger partial charge is 0.435 e. The van der Waals surface area contributed by atoms with Crippen molar-refractivity contribution in [1.82, 2.24) is 14.5 Å². The zero-order valence-corrected chi connectivity index (χ0v) is 28.6. The Hall–Kier alpha value is -5.30. The zero-order valence-electron chi connectivity index (χ0n) is 28.6. The summed E-state index contributed by atoms with van der Waals surface area (Å²) in [5.74, 6) is 0.514. The van der Waals surface area contributed by atoms with Crippen molar-refractivity contribution in [3.63, 3.8) is 0 Å². The van der Waals surface area contributed by atoms with E-state index in [0.717, 1.165) is 42.7 Å². The molecule has 49 heavy (non-hydrogen) atoms. The third kappa shape index (κ3) is 10.6. The maximum Gasteiger partial charge on any atom is 0.435 e. The molecule has 1 atom stereocenters. The number of benzene rings is 2. The molecule has 0 aliphatic heterocycles. The number of carbonyl (C=O) groups is 3. The fraction of sp³-hybridized carbons (Fsp3) is 0.389. The summed E-state index contributed by atoms with van der Waals surface area (Å²) in [5, 5.41) is 3.35. The zero-order chi connectivity index (χ0) is 35.2. The molecule has 13 heteroatoms. The Morgan fingerprint density at radius 3 is 2.53 bits per heavy atom. The molecule has 4 rings (SSSR count). The first-order chi connectivity index (χ1) is 23.7. The first kappa shape index (κ1) is 36.5. The van der Waals surface area contributed by atoms with E-state index in [1.54, 1.807) is 55.6 Å². The SMILES string of the molecule is CCCCCCOC(=O)N=C(N)c1ccc(NCc2nc3cc(C(=O)N(CCC(=O)OC(C)COC)c4ccccn4)ccc3n2C)cc1. The Morgan fingerprint density at radius 2 is 1.82 bits per heavy atom. The van der Waals surface area contributed by atoms with Gasteiger partial charge in [0.25, 0.3) is 5.91 Å². The monoisotopic (exact) mass is 671 g/mol. The van der Waals surface area contributed by atoms with Gasteiger partial charge in [-0.1, -0.05) is 32.3 Å². The number of hydrogen-bond acceptors (Lipinski definition) is 9. The topological polar surface area (TPSA) is 163 Å². The van der Waals surface area contributed by atoms with E-state index in [-0.39, 0.29) is 31.3 Å². The molecular weight excluding hydrogens is 626 g/mol. The number of rotatable bonds is 17. The molecule has 2 aromatic carbocycles.